The average Bonchev–Trinajstić information content (AvgIpc) is 2.85. The van der Waals surface area contributed by atoms with Crippen molar-refractivity contribution in [1.82, 2.24) is 10.2 Å². The van der Waals surface area contributed by atoms with E-state index in [-0.39, 0.29) is 11.3 Å². The average molecular weight is 268 g/mol. The minimum atomic E-state index is -1.02. The van der Waals surface area contributed by atoms with Gasteiger partial charge in [-0.2, -0.15) is 5.10 Å². The fraction of sp³-hybridized carbons (Fsp3) is 0.0667. The molecule has 20 heavy (non-hydrogen) atoms. The van der Waals surface area contributed by atoms with E-state index in [1.54, 1.807) is 30.3 Å². The summed E-state index contributed by atoms with van der Waals surface area (Å²) >= 11 is 0. The Balaban J connectivity index is 2.37. The summed E-state index contributed by atoms with van der Waals surface area (Å²) in [4.78, 5) is 11.3. The number of hydrogen-bond acceptors (Lipinski definition) is 3. The fourth-order valence-corrected chi connectivity index (χ4v) is 2.29. The Morgan fingerprint density at radius 2 is 2.05 bits per heavy atom. The van der Waals surface area contributed by atoms with Crippen LogP contribution in [-0.4, -0.2) is 26.4 Å². The lowest BCUT2D eigenvalue weighted by atomic mass is 10.0. The Bertz CT molecular complexity index is 821. The molecule has 0 saturated heterocycles. The second-order valence-electron chi connectivity index (χ2n) is 4.63. The number of aromatic hydroxyl groups is 1. The van der Waals surface area contributed by atoms with Crippen molar-refractivity contribution in [2.45, 2.75) is 6.92 Å². The van der Waals surface area contributed by atoms with Crippen molar-refractivity contribution in [2.24, 2.45) is 0 Å². The van der Waals surface area contributed by atoms with Crippen LogP contribution in [0.3, 0.4) is 0 Å². The Hall–Kier alpha value is -2.82. The normalized spacial score (nSPS) is 10.8. The first-order valence-corrected chi connectivity index (χ1v) is 6.08. The number of aromatic carboxylic acids is 1. The van der Waals surface area contributed by atoms with Gasteiger partial charge in [-0.05, 0) is 31.2 Å². The predicted octanol–water partition coefficient (Wildman–Crippen LogP) is 2.94. The van der Waals surface area contributed by atoms with Crippen LogP contribution >= 0.6 is 0 Å². The molecule has 0 amide bonds. The number of phenolic OH excluding ortho intramolecular Hbond substituents is 1. The standard InChI is InChI=1S/C15H12N2O3/c1-8-5-6-12(18)10(7-8)14-13-9(15(19)20)3-2-4-11(13)16-17-14/h2-7,18H,1H3,(H,16,17)(H,19,20). The molecule has 1 heterocycles. The highest BCUT2D eigenvalue weighted by Crippen LogP contribution is 2.34. The number of aryl methyl sites for hydroxylation is 1. The van der Waals surface area contributed by atoms with Crippen molar-refractivity contribution in [2.75, 3.05) is 0 Å². The monoisotopic (exact) mass is 268 g/mol. The van der Waals surface area contributed by atoms with Crippen LogP contribution < -0.4 is 0 Å². The third-order valence-electron chi connectivity index (χ3n) is 3.23. The predicted molar refractivity (Wildman–Crippen MR) is 74.9 cm³/mol. The lowest BCUT2D eigenvalue weighted by Gasteiger charge is -2.05. The number of nitrogens with zero attached hydrogens (tertiary/aromatic N) is 1. The lowest BCUT2D eigenvalue weighted by Crippen LogP contribution is -1.97. The van der Waals surface area contributed by atoms with E-state index in [4.69, 9.17) is 0 Å². The van der Waals surface area contributed by atoms with E-state index in [0.717, 1.165) is 5.56 Å². The van der Waals surface area contributed by atoms with Gasteiger partial charge in [0, 0.05) is 10.9 Å². The maximum Gasteiger partial charge on any atom is 0.336 e. The SMILES string of the molecule is Cc1ccc(O)c(-c2n[nH]c3cccc(C(=O)O)c23)c1. The maximum absolute atomic E-state index is 11.3. The summed E-state index contributed by atoms with van der Waals surface area (Å²) in [6, 6.07) is 10.1. The fourth-order valence-electron chi connectivity index (χ4n) is 2.29. The van der Waals surface area contributed by atoms with Gasteiger partial charge < -0.3 is 10.2 Å². The van der Waals surface area contributed by atoms with E-state index in [1.165, 1.54) is 6.07 Å². The molecule has 3 rings (SSSR count). The molecule has 3 N–H and O–H groups in total. The molecule has 0 aliphatic rings. The number of H-pyrrole nitrogens is 1. The number of phenols is 1. The summed E-state index contributed by atoms with van der Waals surface area (Å²) in [6.07, 6.45) is 0. The van der Waals surface area contributed by atoms with Crippen molar-refractivity contribution in [3.63, 3.8) is 0 Å². The van der Waals surface area contributed by atoms with E-state index >= 15 is 0 Å². The number of carbonyl (C=O) groups is 1. The van der Waals surface area contributed by atoms with Crippen LogP contribution in [0.5, 0.6) is 5.75 Å². The highest BCUT2D eigenvalue weighted by Gasteiger charge is 2.18. The van der Waals surface area contributed by atoms with Crippen LogP contribution in [0.4, 0.5) is 0 Å². The van der Waals surface area contributed by atoms with E-state index in [1.807, 2.05) is 6.92 Å². The van der Waals surface area contributed by atoms with Crippen molar-refractivity contribution in [3.05, 3.63) is 47.5 Å². The number of aromatic amines is 1. The first-order valence-electron chi connectivity index (χ1n) is 6.08. The van der Waals surface area contributed by atoms with Gasteiger partial charge in [-0.3, -0.25) is 5.10 Å². The van der Waals surface area contributed by atoms with Gasteiger partial charge in [0.1, 0.15) is 11.4 Å². The number of carboxylic acids is 1. The molecule has 0 spiro atoms. The third kappa shape index (κ3) is 1.80. The van der Waals surface area contributed by atoms with E-state index in [0.29, 0.717) is 22.2 Å². The Morgan fingerprint density at radius 3 is 2.80 bits per heavy atom. The molecule has 0 radical (unpaired) electrons. The Labute approximate surface area is 114 Å². The zero-order chi connectivity index (χ0) is 14.3. The van der Waals surface area contributed by atoms with Crippen molar-refractivity contribution in [3.8, 4) is 17.0 Å². The zero-order valence-corrected chi connectivity index (χ0v) is 10.7. The molecule has 5 nitrogen and oxygen atoms in total. The molecular formula is C15H12N2O3. The van der Waals surface area contributed by atoms with E-state index in [9.17, 15) is 15.0 Å². The summed E-state index contributed by atoms with van der Waals surface area (Å²) in [5.41, 5.74) is 2.71. The number of rotatable bonds is 2. The van der Waals surface area contributed by atoms with Crippen LogP contribution in [0.25, 0.3) is 22.2 Å². The summed E-state index contributed by atoms with van der Waals surface area (Å²) < 4.78 is 0. The van der Waals surface area contributed by atoms with Gasteiger partial charge in [-0.1, -0.05) is 17.7 Å². The van der Waals surface area contributed by atoms with Crippen LogP contribution in [-0.2, 0) is 0 Å². The number of aromatic nitrogens is 2. The third-order valence-corrected chi connectivity index (χ3v) is 3.23. The first-order chi connectivity index (χ1) is 9.58. The van der Waals surface area contributed by atoms with Gasteiger partial charge in [0.2, 0.25) is 0 Å². The maximum atomic E-state index is 11.3. The Morgan fingerprint density at radius 1 is 1.25 bits per heavy atom. The molecule has 2 aromatic carbocycles. The van der Waals surface area contributed by atoms with Gasteiger partial charge in [0.25, 0.3) is 0 Å². The van der Waals surface area contributed by atoms with Gasteiger partial charge >= 0.3 is 5.97 Å². The molecule has 0 unspecified atom stereocenters. The quantitative estimate of drug-likeness (QED) is 0.667. The molecule has 5 heteroatoms. The summed E-state index contributed by atoms with van der Waals surface area (Å²) in [5.74, 6) is -0.949. The number of benzene rings is 2. The number of hydrogen-bond donors (Lipinski definition) is 3. The first kappa shape index (κ1) is 12.2. The molecule has 0 aliphatic heterocycles. The number of nitrogens with one attached hydrogen (secondary N) is 1. The van der Waals surface area contributed by atoms with Crippen molar-refractivity contribution >= 4 is 16.9 Å². The van der Waals surface area contributed by atoms with Gasteiger partial charge in [0.15, 0.2) is 0 Å². The second kappa shape index (κ2) is 4.38. The van der Waals surface area contributed by atoms with Crippen molar-refractivity contribution in [1.29, 1.82) is 0 Å². The highest BCUT2D eigenvalue weighted by atomic mass is 16.4. The van der Waals surface area contributed by atoms with Gasteiger partial charge in [0.05, 0.1) is 11.1 Å². The van der Waals surface area contributed by atoms with Crippen LogP contribution in [0.15, 0.2) is 36.4 Å². The van der Waals surface area contributed by atoms with Crippen LogP contribution in [0.2, 0.25) is 0 Å². The molecule has 0 saturated carbocycles. The molecule has 0 atom stereocenters. The molecule has 3 aromatic rings. The van der Waals surface area contributed by atoms with Gasteiger partial charge in [-0.15, -0.1) is 0 Å². The molecule has 1 aromatic heterocycles. The largest absolute Gasteiger partial charge is 0.507 e. The van der Waals surface area contributed by atoms with Gasteiger partial charge in [-0.25, -0.2) is 4.79 Å². The minimum Gasteiger partial charge on any atom is -0.507 e. The Kier molecular flexibility index (Phi) is 2.68. The zero-order valence-electron chi connectivity index (χ0n) is 10.7. The highest BCUT2D eigenvalue weighted by molar-refractivity contribution is 6.08. The smallest absolute Gasteiger partial charge is 0.336 e. The van der Waals surface area contributed by atoms with Crippen LogP contribution in [0, 0.1) is 6.92 Å². The van der Waals surface area contributed by atoms with Crippen molar-refractivity contribution < 1.29 is 15.0 Å². The summed E-state index contributed by atoms with van der Waals surface area (Å²) in [5, 5.41) is 26.8. The molecule has 100 valence electrons. The van der Waals surface area contributed by atoms with E-state index in [2.05, 4.69) is 10.2 Å². The van der Waals surface area contributed by atoms with Crippen LogP contribution in [0.1, 0.15) is 15.9 Å². The topological polar surface area (TPSA) is 86.2 Å². The summed E-state index contributed by atoms with van der Waals surface area (Å²) in [7, 11) is 0. The molecule has 0 fully saturated rings. The minimum absolute atomic E-state index is 0.0733. The number of fused-ring (bicyclic) bond motifs is 1. The molecule has 0 aliphatic carbocycles. The second-order valence-corrected chi connectivity index (χ2v) is 4.63. The molecular weight excluding hydrogens is 256 g/mol. The molecule has 0 bridgehead atoms. The number of carboxylic acid groups (broad SMARTS) is 1. The lowest BCUT2D eigenvalue weighted by molar-refractivity contribution is 0.0699. The van der Waals surface area contributed by atoms with E-state index < -0.39 is 5.97 Å². The summed E-state index contributed by atoms with van der Waals surface area (Å²) in [6.45, 7) is 1.90.